The molecule has 1 saturated heterocycles. The molecule has 23 heavy (non-hydrogen) atoms. The van der Waals surface area contributed by atoms with Gasteiger partial charge < -0.3 is 14.2 Å². The number of halogens is 3. The Kier molecular flexibility index (Phi) is 3.47. The minimum atomic E-state index is -4.48. The molecule has 0 bridgehead atoms. The molecular formula is C12H14F3N5O3. The molecule has 2 aromatic rings. The molecule has 0 spiro atoms. The van der Waals surface area contributed by atoms with Gasteiger partial charge in [0.05, 0.1) is 13.2 Å². The van der Waals surface area contributed by atoms with Crippen LogP contribution in [-0.2, 0) is 18.8 Å². The average Bonchev–Trinajstić information content (AvgIpc) is 2.82. The van der Waals surface area contributed by atoms with Gasteiger partial charge >= 0.3 is 11.9 Å². The number of hydrogen-bond donors (Lipinski definition) is 1. The number of aromatic amines is 1. The minimum Gasteiger partial charge on any atom is -0.365 e. The van der Waals surface area contributed by atoms with Crippen LogP contribution in [0.15, 0.2) is 9.59 Å². The van der Waals surface area contributed by atoms with Crippen LogP contribution in [0.25, 0.3) is 11.2 Å². The van der Waals surface area contributed by atoms with E-state index in [1.54, 1.807) is 0 Å². The number of imidazole rings is 1. The third kappa shape index (κ3) is 2.50. The number of morpholine rings is 1. The zero-order valence-corrected chi connectivity index (χ0v) is 12.3. The van der Waals surface area contributed by atoms with Gasteiger partial charge in [-0.2, -0.15) is 18.2 Å². The molecule has 1 atom stereocenters. The summed E-state index contributed by atoms with van der Waals surface area (Å²) in [6.45, 7) is -0.329. The molecule has 2 aromatic heterocycles. The summed E-state index contributed by atoms with van der Waals surface area (Å²) in [6, 6.07) is 0. The third-order valence-electron chi connectivity index (χ3n) is 3.83. The number of rotatable bonds is 1. The summed E-state index contributed by atoms with van der Waals surface area (Å²) in [5.74, 6) is 0.184. The fraction of sp³-hybridized carbons (Fsp3) is 0.583. The topological polar surface area (TPSA) is 85.2 Å². The van der Waals surface area contributed by atoms with E-state index in [-0.39, 0.29) is 30.3 Å². The molecule has 0 radical (unpaired) electrons. The largest absolute Gasteiger partial charge is 0.416 e. The maximum Gasteiger partial charge on any atom is 0.416 e. The van der Waals surface area contributed by atoms with Crippen LogP contribution in [0.3, 0.4) is 0 Å². The molecule has 0 saturated carbocycles. The van der Waals surface area contributed by atoms with Crippen LogP contribution >= 0.6 is 0 Å². The SMILES string of the molecule is Cn1c(N2CCOC(C(F)(F)F)C2)nc2c1c(=O)[nH]c(=O)n2C. The van der Waals surface area contributed by atoms with Crippen LogP contribution in [-0.4, -0.2) is 51.1 Å². The van der Waals surface area contributed by atoms with E-state index in [1.165, 1.54) is 23.6 Å². The molecule has 1 fully saturated rings. The summed E-state index contributed by atoms with van der Waals surface area (Å²) in [7, 11) is 2.94. The second kappa shape index (κ2) is 5.11. The Bertz CT molecular complexity index is 866. The summed E-state index contributed by atoms with van der Waals surface area (Å²) in [6.07, 6.45) is -6.40. The number of ether oxygens (including phenoxy) is 1. The standard InChI is InChI=1S/C12H14F3N5O3/c1-18-7-8(19(2)11(22)17-9(7)21)16-10(18)20-3-4-23-6(5-20)12(13,14)15/h6H,3-5H2,1-2H3,(H,17,21,22). The van der Waals surface area contributed by atoms with Gasteiger partial charge in [0.15, 0.2) is 17.3 Å². The first-order chi connectivity index (χ1) is 10.7. The van der Waals surface area contributed by atoms with Crippen LogP contribution < -0.4 is 16.1 Å². The third-order valence-corrected chi connectivity index (χ3v) is 3.83. The molecule has 3 rings (SSSR count). The number of aryl methyl sites for hydroxylation is 2. The zero-order valence-electron chi connectivity index (χ0n) is 12.3. The number of anilines is 1. The van der Waals surface area contributed by atoms with Crippen molar-refractivity contribution < 1.29 is 17.9 Å². The lowest BCUT2D eigenvalue weighted by Crippen LogP contribution is -2.50. The molecule has 11 heteroatoms. The average molecular weight is 333 g/mol. The number of aromatic nitrogens is 4. The van der Waals surface area contributed by atoms with Gasteiger partial charge in [0.25, 0.3) is 5.56 Å². The maximum absolute atomic E-state index is 12.8. The Labute approximate surface area is 127 Å². The number of nitrogens with zero attached hydrogens (tertiary/aromatic N) is 4. The number of alkyl halides is 3. The Morgan fingerprint density at radius 2 is 1.96 bits per heavy atom. The van der Waals surface area contributed by atoms with Crippen molar-refractivity contribution in [2.24, 2.45) is 14.1 Å². The summed E-state index contributed by atoms with van der Waals surface area (Å²) in [4.78, 5) is 31.3. The minimum absolute atomic E-state index is 0.108. The Morgan fingerprint density at radius 3 is 2.61 bits per heavy atom. The van der Waals surface area contributed by atoms with Crippen molar-refractivity contribution in [3.8, 4) is 0 Å². The van der Waals surface area contributed by atoms with Crippen molar-refractivity contribution in [2.45, 2.75) is 12.3 Å². The highest BCUT2D eigenvalue weighted by atomic mass is 19.4. The second-order valence-electron chi connectivity index (χ2n) is 5.31. The van der Waals surface area contributed by atoms with Crippen LogP contribution in [0, 0.1) is 0 Å². The molecule has 1 aliphatic heterocycles. The lowest BCUT2D eigenvalue weighted by Gasteiger charge is -2.34. The molecule has 0 amide bonds. The van der Waals surface area contributed by atoms with Gasteiger partial charge in [-0.05, 0) is 0 Å². The smallest absolute Gasteiger partial charge is 0.365 e. The van der Waals surface area contributed by atoms with Crippen LogP contribution in [0.1, 0.15) is 0 Å². The van der Waals surface area contributed by atoms with Gasteiger partial charge in [-0.3, -0.25) is 14.3 Å². The quantitative estimate of drug-likeness (QED) is 0.776. The first kappa shape index (κ1) is 15.6. The van der Waals surface area contributed by atoms with Gasteiger partial charge in [0, 0.05) is 20.6 Å². The van der Waals surface area contributed by atoms with E-state index >= 15 is 0 Å². The number of nitrogens with one attached hydrogen (secondary N) is 1. The van der Waals surface area contributed by atoms with Crippen molar-refractivity contribution in [3.63, 3.8) is 0 Å². The number of hydrogen-bond acceptors (Lipinski definition) is 5. The van der Waals surface area contributed by atoms with Crippen molar-refractivity contribution in [1.29, 1.82) is 0 Å². The van der Waals surface area contributed by atoms with E-state index in [9.17, 15) is 22.8 Å². The monoisotopic (exact) mass is 333 g/mol. The van der Waals surface area contributed by atoms with Crippen LogP contribution in [0.4, 0.5) is 19.1 Å². The zero-order chi connectivity index (χ0) is 16.9. The van der Waals surface area contributed by atoms with Crippen molar-refractivity contribution in [3.05, 3.63) is 20.8 Å². The maximum atomic E-state index is 12.8. The van der Waals surface area contributed by atoms with Crippen molar-refractivity contribution >= 4 is 17.1 Å². The van der Waals surface area contributed by atoms with Gasteiger partial charge in [-0.1, -0.05) is 0 Å². The highest BCUT2D eigenvalue weighted by Gasteiger charge is 2.44. The van der Waals surface area contributed by atoms with E-state index in [4.69, 9.17) is 4.74 Å². The fourth-order valence-corrected chi connectivity index (χ4v) is 2.61. The Morgan fingerprint density at radius 1 is 1.26 bits per heavy atom. The molecule has 3 heterocycles. The molecule has 1 N–H and O–H groups in total. The van der Waals surface area contributed by atoms with Gasteiger partial charge in [-0.25, -0.2) is 4.79 Å². The van der Waals surface area contributed by atoms with E-state index in [0.29, 0.717) is 0 Å². The summed E-state index contributed by atoms with van der Waals surface area (Å²) >= 11 is 0. The van der Waals surface area contributed by atoms with E-state index < -0.39 is 30.1 Å². The van der Waals surface area contributed by atoms with E-state index in [2.05, 4.69) is 9.97 Å². The predicted octanol–water partition coefficient (Wildman–Crippen LogP) is -0.272. The molecular weight excluding hydrogens is 319 g/mol. The first-order valence-electron chi connectivity index (χ1n) is 6.79. The van der Waals surface area contributed by atoms with Crippen LogP contribution in [0.2, 0.25) is 0 Å². The summed E-state index contributed by atoms with van der Waals surface area (Å²) in [5.41, 5.74) is -1.03. The van der Waals surface area contributed by atoms with Crippen molar-refractivity contribution in [1.82, 2.24) is 19.1 Å². The van der Waals surface area contributed by atoms with E-state index in [1.807, 2.05) is 0 Å². The van der Waals surface area contributed by atoms with E-state index in [0.717, 1.165) is 4.57 Å². The van der Waals surface area contributed by atoms with Crippen LogP contribution in [0.5, 0.6) is 0 Å². The van der Waals surface area contributed by atoms with Gasteiger partial charge in [-0.15, -0.1) is 0 Å². The summed E-state index contributed by atoms with van der Waals surface area (Å²) in [5, 5.41) is 0. The normalized spacial score (nSPS) is 19.5. The molecule has 126 valence electrons. The first-order valence-corrected chi connectivity index (χ1v) is 6.79. The Balaban J connectivity index is 2.09. The highest BCUT2D eigenvalue weighted by molar-refractivity contribution is 5.74. The molecule has 1 unspecified atom stereocenters. The Hall–Kier alpha value is -2.30. The fourth-order valence-electron chi connectivity index (χ4n) is 2.61. The lowest BCUT2D eigenvalue weighted by molar-refractivity contribution is -0.221. The predicted molar refractivity (Wildman–Crippen MR) is 74.6 cm³/mol. The highest BCUT2D eigenvalue weighted by Crippen LogP contribution is 2.28. The molecule has 8 nitrogen and oxygen atoms in total. The number of fused-ring (bicyclic) bond motifs is 1. The van der Waals surface area contributed by atoms with Crippen molar-refractivity contribution in [2.75, 3.05) is 24.6 Å². The second-order valence-corrected chi connectivity index (χ2v) is 5.31. The lowest BCUT2D eigenvalue weighted by atomic mass is 10.3. The summed E-state index contributed by atoms with van der Waals surface area (Å²) < 4.78 is 45.8. The van der Waals surface area contributed by atoms with Gasteiger partial charge in [0.2, 0.25) is 5.95 Å². The van der Waals surface area contributed by atoms with Gasteiger partial charge in [0.1, 0.15) is 0 Å². The number of H-pyrrole nitrogens is 1. The molecule has 0 aliphatic carbocycles. The molecule has 1 aliphatic rings. The molecule has 0 aromatic carbocycles.